The van der Waals surface area contributed by atoms with Gasteiger partial charge in [-0.25, -0.2) is 0 Å². The first-order valence-electron chi connectivity index (χ1n) is 3.40. The van der Waals surface area contributed by atoms with E-state index in [0.717, 1.165) is 5.75 Å². The highest BCUT2D eigenvalue weighted by atomic mass is 32.2. The van der Waals surface area contributed by atoms with Crippen molar-refractivity contribution in [1.82, 2.24) is 10.6 Å². The quantitative estimate of drug-likeness (QED) is 0.526. The minimum Gasteiger partial charge on any atom is -0.353 e. The number of amides is 2. The summed E-state index contributed by atoms with van der Waals surface area (Å²) in [5, 5.41) is 5.16. The maximum atomic E-state index is 11.1. The van der Waals surface area contributed by atoms with Crippen molar-refractivity contribution in [3.05, 3.63) is 0 Å². The molecule has 0 aliphatic carbocycles. The fraction of sp³-hybridized carbons (Fsp3) is 0.667. The van der Waals surface area contributed by atoms with Crippen LogP contribution >= 0.6 is 11.8 Å². The average molecular weight is 174 g/mol. The summed E-state index contributed by atoms with van der Waals surface area (Å²) in [5.74, 6) is 1.51. The van der Waals surface area contributed by atoms with Gasteiger partial charge in [-0.1, -0.05) is 0 Å². The van der Waals surface area contributed by atoms with Crippen LogP contribution in [0.25, 0.3) is 0 Å². The van der Waals surface area contributed by atoms with Crippen LogP contribution in [-0.4, -0.2) is 36.4 Å². The molecule has 1 heterocycles. The predicted molar refractivity (Wildman–Crippen MR) is 43.3 cm³/mol. The fourth-order valence-corrected chi connectivity index (χ4v) is 1.75. The van der Waals surface area contributed by atoms with Crippen molar-refractivity contribution >= 4 is 24.1 Å². The SMILES string of the molecule is O=CN[C@H]1CSCCNC1=O. The zero-order valence-electron chi connectivity index (χ0n) is 6.00. The summed E-state index contributed by atoms with van der Waals surface area (Å²) in [6, 6.07) is -0.347. The Hall–Kier alpha value is -0.710. The van der Waals surface area contributed by atoms with Gasteiger partial charge in [0, 0.05) is 18.1 Å². The highest BCUT2D eigenvalue weighted by Crippen LogP contribution is 2.05. The molecule has 1 saturated heterocycles. The number of carbonyl (C=O) groups is 2. The number of rotatable bonds is 2. The second-order valence-corrected chi connectivity index (χ2v) is 3.35. The average Bonchev–Trinajstić information content (AvgIpc) is 2.18. The highest BCUT2D eigenvalue weighted by Gasteiger charge is 2.19. The van der Waals surface area contributed by atoms with E-state index in [1.165, 1.54) is 0 Å². The Morgan fingerprint density at radius 3 is 3.27 bits per heavy atom. The van der Waals surface area contributed by atoms with E-state index in [-0.39, 0.29) is 11.9 Å². The molecule has 1 atom stereocenters. The molecule has 62 valence electrons. The lowest BCUT2D eigenvalue weighted by atomic mass is 10.3. The first-order valence-corrected chi connectivity index (χ1v) is 4.55. The van der Waals surface area contributed by atoms with Gasteiger partial charge in [0.1, 0.15) is 6.04 Å². The molecule has 2 amide bonds. The molecule has 0 aromatic carbocycles. The molecule has 1 aliphatic rings. The molecule has 0 bridgehead atoms. The van der Waals surface area contributed by atoms with E-state index < -0.39 is 0 Å². The van der Waals surface area contributed by atoms with Crippen LogP contribution < -0.4 is 10.6 Å². The van der Waals surface area contributed by atoms with Crippen LogP contribution in [0.1, 0.15) is 0 Å². The van der Waals surface area contributed by atoms with E-state index in [4.69, 9.17) is 0 Å². The molecular formula is C6H10N2O2S. The Morgan fingerprint density at radius 2 is 2.55 bits per heavy atom. The van der Waals surface area contributed by atoms with Crippen molar-refractivity contribution < 1.29 is 9.59 Å². The van der Waals surface area contributed by atoms with E-state index in [1.54, 1.807) is 11.8 Å². The first kappa shape index (κ1) is 8.39. The van der Waals surface area contributed by atoms with E-state index in [0.29, 0.717) is 18.7 Å². The minimum absolute atomic E-state index is 0.0814. The van der Waals surface area contributed by atoms with Gasteiger partial charge in [0.15, 0.2) is 0 Å². The predicted octanol–water partition coefficient (Wildman–Crippen LogP) is -1.04. The third kappa shape index (κ3) is 2.42. The normalized spacial score (nSPS) is 25.1. The molecule has 4 nitrogen and oxygen atoms in total. The van der Waals surface area contributed by atoms with E-state index in [1.807, 2.05) is 0 Å². The van der Waals surface area contributed by atoms with Gasteiger partial charge in [-0.05, 0) is 0 Å². The van der Waals surface area contributed by atoms with Gasteiger partial charge in [0.05, 0.1) is 0 Å². The molecule has 5 heteroatoms. The summed E-state index contributed by atoms with van der Waals surface area (Å²) >= 11 is 1.66. The van der Waals surface area contributed by atoms with Crippen LogP contribution in [0.3, 0.4) is 0 Å². The Balaban J connectivity index is 2.45. The molecule has 1 fully saturated rings. The van der Waals surface area contributed by atoms with Crippen LogP contribution in [0.15, 0.2) is 0 Å². The Kier molecular flexibility index (Phi) is 3.22. The third-order valence-corrected chi connectivity index (χ3v) is 2.48. The molecule has 0 radical (unpaired) electrons. The van der Waals surface area contributed by atoms with E-state index in [9.17, 15) is 9.59 Å². The lowest BCUT2D eigenvalue weighted by molar-refractivity contribution is -0.124. The van der Waals surface area contributed by atoms with Gasteiger partial charge in [0.25, 0.3) is 0 Å². The summed E-state index contributed by atoms with van der Waals surface area (Å²) in [7, 11) is 0. The Labute approximate surface area is 69.1 Å². The summed E-state index contributed by atoms with van der Waals surface area (Å²) in [6.45, 7) is 0.695. The smallest absolute Gasteiger partial charge is 0.243 e. The molecule has 0 unspecified atom stereocenters. The third-order valence-electron chi connectivity index (χ3n) is 1.42. The zero-order valence-corrected chi connectivity index (χ0v) is 6.82. The van der Waals surface area contributed by atoms with Crippen molar-refractivity contribution in [3.8, 4) is 0 Å². The van der Waals surface area contributed by atoms with E-state index in [2.05, 4.69) is 10.6 Å². The van der Waals surface area contributed by atoms with Crippen molar-refractivity contribution in [2.75, 3.05) is 18.1 Å². The maximum Gasteiger partial charge on any atom is 0.243 e. The second kappa shape index (κ2) is 4.23. The highest BCUT2D eigenvalue weighted by molar-refractivity contribution is 7.99. The second-order valence-electron chi connectivity index (χ2n) is 2.20. The van der Waals surface area contributed by atoms with Crippen LogP contribution in [0.2, 0.25) is 0 Å². The van der Waals surface area contributed by atoms with Crippen LogP contribution in [0, 0.1) is 0 Å². The zero-order chi connectivity index (χ0) is 8.10. The molecule has 1 rings (SSSR count). The van der Waals surface area contributed by atoms with Crippen molar-refractivity contribution in [2.24, 2.45) is 0 Å². The largest absolute Gasteiger partial charge is 0.353 e. The van der Waals surface area contributed by atoms with Gasteiger partial charge in [-0.3, -0.25) is 9.59 Å². The molecule has 11 heavy (non-hydrogen) atoms. The lowest BCUT2D eigenvalue weighted by Crippen LogP contribution is -2.43. The monoisotopic (exact) mass is 174 g/mol. The number of hydrogen-bond donors (Lipinski definition) is 2. The first-order chi connectivity index (χ1) is 5.34. The molecule has 0 saturated carbocycles. The summed E-state index contributed by atoms with van der Waals surface area (Å²) in [5.41, 5.74) is 0. The van der Waals surface area contributed by atoms with Crippen LogP contribution in [0.5, 0.6) is 0 Å². The Morgan fingerprint density at radius 1 is 1.73 bits per heavy atom. The summed E-state index contributed by atoms with van der Waals surface area (Å²) < 4.78 is 0. The molecule has 0 spiro atoms. The maximum absolute atomic E-state index is 11.1. The molecule has 0 aromatic heterocycles. The molecule has 0 aromatic rings. The van der Waals surface area contributed by atoms with Crippen LogP contribution in [0.4, 0.5) is 0 Å². The molecular weight excluding hydrogens is 164 g/mol. The van der Waals surface area contributed by atoms with Gasteiger partial charge >= 0.3 is 0 Å². The van der Waals surface area contributed by atoms with Gasteiger partial charge in [-0.2, -0.15) is 11.8 Å². The Bertz CT molecular complexity index is 163. The van der Waals surface area contributed by atoms with Crippen molar-refractivity contribution in [3.63, 3.8) is 0 Å². The summed E-state index contributed by atoms with van der Waals surface area (Å²) in [4.78, 5) is 21.1. The van der Waals surface area contributed by atoms with Crippen LogP contribution in [-0.2, 0) is 9.59 Å². The van der Waals surface area contributed by atoms with Gasteiger partial charge < -0.3 is 10.6 Å². The molecule has 1 aliphatic heterocycles. The number of hydrogen-bond acceptors (Lipinski definition) is 3. The van der Waals surface area contributed by atoms with Gasteiger partial charge in [0.2, 0.25) is 12.3 Å². The molecule has 2 N–H and O–H groups in total. The summed E-state index contributed by atoms with van der Waals surface area (Å²) in [6.07, 6.45) is 0.566. The minimum atomic E-state index is -0.347. The van der Waals surface area contributed by atoms with Crippen molar-refractivity contribution in [1.29, 1.82) is 0 Å². The standard InChI is InChI=1S/C6H10N2O2S/c9-4-8-5-3-11-2-1-7-6(5)10/h4-5H,1-3H2,(H,7,10)(H,8,9)/t5-/m0/s1. The number of carbonyl (C=O) groups excluding carboxylic acids is 2. The van der Waals surface area contributed by atoms with Gasteiger partial charge in [-0.15, -0.1) is 0 Å². The lowest BCUT2D eigenvalue weighted by Gasteiger charge is -2.09. The number of thioether (sulfide) groups is 1. The van der Waals surface area contributed by atoms with Crippen molar-refractivity contribution in [2.45, 2.75) is 6.04 Å². The topological polar surface area (TPSA) is 58.2 Å². The number of nitrogens with one attached hydrogen (secondary N) is 2. The van der Waals surface area contributed by atoms with E-state index >= 15 is 0 Å². The fourth-order valence-electron chi connectivity index (χ4n) is 0.852.